The molecule has 0 fully saturated rings. The Balaban J connectivity index is 1.60. The molecule has 0 saturated heterocycles. The Morgan fingerprint density at radius 2 is 2.11 bits per heavy atom. The molecular weight excluding hydrogens is 364 g/mol. The molecule has 142 valence electrons. The number of nitrogens with one attached hydrogen (secondary N) is 1. The number of hydrogen-bond donors (Lipinski definition) is 2. The SMILES string of the molecule is COC(=O)c1ccc2c(c1)CC[C@@H]2NC(=O)c1cc(C(=O)O)n2ccnc2n1. The number of carboxylic acid groups (broad SMARTS) is 1. The number of esters is 1. The Labute approximate surface area is 159 Å². The smallest absolute Gasteiger partial charge is 0.353 e. The van der Waals surface area contributed by atoms with Crippen LogP contribution in [0.5, 0.6) is 0 Å². The topological polar surface area (TPSA) is 123 Å². The zero-order valence-electron chi connectivity index (χ0n) is 14.9. The summed E-state index contributed by atoms with van der Waals surface area (Å²) in [5, 5.41) is 12.3. The van der Waals surface area contributed by atoms with Crippen LogP contribution in [-0.2, 0) is 11.2 Å². The van der Waals surface area contributed by atoms with Crippen molar-refractivity contribution >= 4 is 23.6 Å². The second-order valence-corrected chi connectivity index (χ2v) is 6.40. The molecule has 1 amide bonds. The van der Waals surface area contributed by atoms with Gasteiger partial charge in [-0.15, -0.1) is 0 Å². The maximum Gasteiger partial charge on any atom is 0.353 e. The van der Waals surface area contributed by atoms with Crippen molar-refractivity contribution in [3.63, 3.8) is 0 Å². The molecule has 9 nitrogen and oxygen atoms in total. The Bertz CT molecular complexity index is 1120. The van der Waals surface area contributed by atoms with E-state index in [0.29, 0.717) is 18.4 Å². The van der Waals surface area contributed by atoms with Crippen LogP contribution in [0.15, 0.2) is 36.7 Å². The molecule has 4 rings (SSSR count). The van der Waals surface area contributed by atoms with Crippen molar-refractivity contribution in [2.45, 2.75) is 18.9 Å². The number of carbonyl (C=O) groups is 3. The fourth-order valence-electron chi connectivity index (χ4n) is 3.43. The first-order valence-corrected chi connectivity index (χ1v) is 8.57. The monoisotopic (exact) mass is 380 g/mol. The Morgan fingerprint density at radius 1 is 1.29 bits per heavy atom. The van der Waals surface area contributed by atoms with Crippen LogP contribution >= 0.6 is 0 Å². The van der Waals surface area contributed by atoms with Crippen LogP contribution in [-0.4, -0.2) is 44.4 Å². The third-order valence-electron chi connectivity index (χ3n) is 4.77. The molecule has 3 aromatic rings. The van der Waals surface area contributed by atoms with Crippen LogP contribution in [0.25, 0.3) is 5.78 Å². The standard InChI is InChI=1S/C19H16N4O5/c1-28-18(27)11-2-4-12-10(8-11)3-5-13(12)21-16(24)14-9-15(17(25)26)23-7-6-20-19(23)22-14/h2,4,6-9,13H,3,5H2,1H3,(H,21,24)(H,25,26)/t13-/m0/s1. The number of methoxy groups -OCH3 is 1. The Kier molecular flexibility index (Phi) is 4.26. The van der Waals surface area contributed by atoms with Gasteiger partial charge in [-0.05, 0) is 36.1 Å². The van der Waals surface area contributed by atoms with Crippen molar-refractivity contribution in [2.24, 2.45) is 0 Å². The molecule has 0 bridgehead atoms. The van der Waals surface area contributed by atoms with Crippen LogP contribution in [0.4, 0.5) is 0 Å². The van der Waals surface area contributed by atoms with Crippen LogP contribution < -0.4 is 5.32 Å². The van der Waals surface area contributed by atoms with Crippen LogP contribution in [0.1, 0.15) is 54.9 Å². The number of nitrogens with zero attached hydrogens (tertiary/aromatic N) is 3. The van der Waals surface area contributed by atoms with Crippen LogP contribution in [0.2, 0.25) is 0 Å². The number of benzene rings is 1. The molecule has 0 aliphatic heterocycles. The fraction of sp³-hybridized carbons (Fsp3) is 0.211. The molecule has 2 N–H and O–H groups in total. The maximum absolute atomic E-state index is 12.7. The highest BCUT2D eigenvalue weighted by Crippen LogP contribution is 2.32. The second-order valence-electron chi connectivity index (χ2n) is 6.40. The van der Waals surface area contributed by atoms with Crippen molar-refractivity contribution in [1.82, 2.24) is 19.7 Å². The van der Waals surface area contributed by atoms with Crippen molar-refractivity contribution in [3.8, 4) is 0 Å². The molecule has 28 heavy (non-hydrogen) atoms. The minimum atomic E-state index is -1.18. The van der Waals surface area contributed by atoms with Gasteiger partial charge in [0.2, 0.25) is 5.78 Å². The van der Waals surface area contributed by atoms with E-state index < -0.39 is 17.8 Å². The van der Waals surface area contributed by atoms with Gasteiger partial charge in [-0.3, -0.25) is 9.20 Å². The molecule has 1 aromatic carbocycles. The highest BCUT2D eigenvalue weighted by Gasteiger charge is 2.26. The average molecular weight is 380 g/mol. The predicted octanol–water partition coefficient (Wildman–Crippen LogP) is 1.63. The van der Waals surface area contributed by atoms with Crippen LogP contribution in [0, 0.1) is 0 Å². The molecule has 1 atom stereocenters. The summed E-state index contributed by atoms with van der Waals surface area (Å²) in [4.78, 5) is 43.9. The molecule has 0 unspecified atom stereocenters. The number of carbonyl (C=O) groups excluding carboxylic acids is 2. The third kappa shape index (κ3) is 2.96. The van der Waals surface area contributed by atoms with Gasteiger partial charge in [0.1, 0.15) is 11.4 Å². The third-order valence-corrected chi connectivity index (χ3v) is 4.77. The number of fused-ring (bicyclic) bond motifs is 2. The largest absolute Gasteiger partial charge is 0.477 e. The normalized spacial score (nSPS) is 15.2. The second kappa shape index (κ2) is 6.76. The number of rotatable bonds is 4. The van der Waals surface area contributed by atoms with Gasteiger partial charge < -0.3 is 15.2 Å². The van der Waals surface area contributed by atoms with Gasteiger partial charge in [-0.2, -0.15) is 0 Å². The summed E-state index contributed by atoms with van der Waals surface area (Å²) in [6, 6.07) is 6.20. The highest BCUT2D eigenvalue weighted by molar-refractivity contribution is 5.96. The first-order chi connectivity index (χ1) is 13.5. The number of aromatic nitrogens is 3. The van der Waals surface area contributed by atoms with E-state index in [1.165, 1.54) is 30.0 Å². The summed E-state index contributed by atoms with van der Waals surface area (Å²) in [6.07, 6.45) is 4.27. The first kappa shape index (κ1) is 17.7. The summed E-state index contributed by atoms with van der Waals surface area (Å²) in [6.45, 7) is 0. The van der Waals surface area contributed by atoms with E-state index in [9.17, 15) is 19.5 Å². The van der Waals surface area contributed by atoms with E-state index in [-0.39, 0.29) is 23.2 Å². The lowest BCUT2D eigenvalue weighted by molar-refractivity contribution is 0.0599. The maximum atomic E-state index is 12.7. The number of carboxylic acids is 1. The molecule has 1 aliphatic carbocycles. The lowest BCUT2D eigenvalue weighted by Crippen LogP contribution is -2.28. The van der Waals surface area contributed by atoms with E-state index in [4.69, 9.17) is 4.74 Å². The first-order valence-electron chi connectivity index (χ1n) is 8.57. The quantitative estimate of drug-likeness (QED) is 0.660. The summed E-state index contributed by atoms with van der Waals surface area (Å²) in [5.74, 6) is -1.93. The van der Waals surface area contributed by atoms with E-state index in [0.717, 1.165) is 11.1 Å². The number of imidazole rings is 1. The van der Waals surface area contributed by atoms with Gasteiger partial charge in [0, 0.05) is 18.5 Å². The summed E-state index contributed by atoms with van der Waals surface area (Å²) in [7, 11) is 1.33. The van der Waals surface area contributed by atoms with Crippen molar-refractivity contribution in [3.05, 3.63) is 64.7 Å². The van der Waals surface area contributed by atoms with Crippen molar-refractivity contribution in [2.75, 3.05) is 7.11 Å². The van der Waals surface area contributed by atoms with Gasteiger partial charge in [-0.1, -0.05) is 6.07 Å². The van der Waals surface area contributed by atoms with Gasteiger partial charge in [0.05, 0.1) is 18.7 Å². The van der Waals surface area contributed by atoms with E-state index in [1.54, 1.807) is 18.2 Å². The number of amides is 1. The zero-order chi connectivity index (χ0) is 19.8. The zero-order valence-corrected chi connectivity index (χ0v) is 14.9. The molecule has 9 heteroatoms. The Morgan fingerprint density at radius 3 is 2.86 bits per heavy atom. The molecule has 2 aromatic heterocycles. The van der Waals surface area contributed by atoms with E-state index in [2.05, 4.69) is 15.3 Å². The lowest BCUT2D eigenvalue weighted by atomic mass is 10.0. The number of aromatic carboxylic acids is 1. The number of aryl methyl sites for hydroxylation is 1. The molecule has 2 heterocycles. The summed E-state index contributed by atoms with van der Waals surface area (Å²) >= 11 is 0. The van der Waals surface area contributed by atoms with Gasteiger partial charge in [-0.25, -0.2) is 19.6 Å². The average Bonchev–Trinajstić information content (AvgIpc) is 3.32. The van der Waals surface area contributed by atoms with Gasteiger partial charge in [0.25, 0.3) is 5.91 Å². The van der Waals surface area contributed by atoms with E-state index in [1.807, 2.05) is 0 Å². The lowest BCUT2D eigenvalue weighted by Gasteiger charge is -2.14. The minimum Gasteiger partial charge on any atom is -0.477 e. The molecule has 1 aliphatic rings. The Hall–Kier alpha value is -3.75. The molecule has 0 saturated carbocycles. The molecule has 0 radical (unpaired) electrons. The fourth-order valence-corrected chi connectivity index (χ4v) is 3.43. The van der Waals surface area contributed by atoms with Crippen LogP contribution in [0.3, 0.4) is 0 Å². The summed E-state index contributed by atoms with van der Waals surface area (Å²) < 4.78 is 6.04. The number of hydrogen-bond acceptors (Lipinski definition) is 6. The number of ether oxygens (including phenoxy) is 1. The predicted molar refractivity (Wildman–Crippen MR) is 96.3 cm³/mol. The van der Waals surface area contributed by atoms with Crippen molar-refractivity contribution < 1.29 is 24.2 Å². The highest BCUT2D eigenvalue weighted by atomic mass is 16.5. The molecule has 0 spiro atoms. The van der Waals surface area contributed by atoms with Gasteiger partial charge >= 0.3 is 11.9 Å². The van der Waals surface area contributed by atoms with E-state index >= 15 is 0 Å². The molecular formula is C19H16N4O5. The van der Waals surface area contributed by atoms with Gasteiger partial charge in [0.15, 0.2) is 0 Å². The summed E-state index contributed by atoms with van der Waals surface area (Å²) in [5.41, 5.74) is 2.24. The van der Waals surface area contributed by atoms with Crippen molar-refractivity contribution in [1.29, 1.82) is 0 Å². The minimum absolute atomic E-state index is 0.0178.